The van der Waals surface area contributed by atoms with Gasteiger partial charge in [0.05, 0.1) is 16.6 Å². The molecule has 0 spiro atoms. The Morgan fingerprint density at radius 1 is 1.30 bits per heavy atom. The third kappa shape index (κ3) is 4.47. The zero-order valence-electron chi connectivity index (χ0n) is 16.5. The minimum Gasteiger partial charge on any atom is -0.390 e. The van der Waals surface area contributed by atoms with Crippen molar-refractivity contribution in [3.05, 3.63) is 29.6 Å². The Morgan fingerprint density at radius 2 is 1.96 bits per heavy atom. The van der Waals surface area contributed by atoms with Gasteiger partial charge in [-0.3, -0.25) is 9.59 Å². The number of imidazole rings is 1. The van der Waals surface area contributed by atoms with E-state index in [0.717, 1.165) is 24.8 Å². The van der Waals surface area contributed by atoms with Crippen molar-refractivity contribution in [1.82, 2.24) is 19.8 Å². The standard InChI is InChI=1S/C20H28N4O3/c1-20(2,27)12-13-7-9-24(10-8-13)19(26)17-21-15-6-5-14(11-16(15)22-17)18(25)23(3)4/h5-6,11,13,27H,7-10,12H2,1-4H3,(H,21,22). The maximum atomic E-state index is 12.8. The van der Waals surface area contributed by atoms with Crippen LogP contribution in [0.4, 0.5) is 0 Å². The molecule has 0 bridgehead atoms. The molecule has 1 fully saturated rings. The van der Waals surface area contributed by atoms with Gasteiger partial charge in [-0.05, 0) is 57.2 Å². The number of nitrogens with one attached hydrogen (secondary N) is 1. The molecular weight excluding hydrogens is 344 g/mol. The van der Waals surface area contributed by atoms with E-state index < -0.39 is 5.60 Å². The lowest BCUT2D eigenvalue weighted by atomic mass is 9.86. The number of rotatable bonds is 4. The second-order valence-corrected chi connectivity index (χ2v) is 8.27. The minimum atomic E-state index is -0.669. The highest BCUT2D eigenvalue weighted by atomic mass is 16.3. The molecule has 7 heteroatoms. The highest BCUT2D eigenvalue weighted by Gasteiger charge is 2.28. The van der Waals surface area contributed by atoms with Crippen molar-refractivity contribution in [2.45, 2.75) is 38.7 Å². The lowest BCUT2D eigenvalue weighted by Gasteiger charge is -2.34. The number of fused-ring (bicyclic) bond motifs is 1. The predicted molar refractivity (Wildman–Crippen MR) is 104 cm³/mol. The molecule has 0 radical (unpaired) electrons. The number of aromatic amines is 1. The molecule has 3 rings (SSSR count). The van der Waals surface area contributed by atoms with Gasteiger partial charge in [-0.1, -0.05) is 0 Å². The number of carbonyl (C=O) groups excluding carboxylic acids is 2. The van der Waals surface area contributed by atoms with E-state index in [1.807, 2.05) is 18.7 Å². The number of hydrogen-bond donors (Lipinski definition) is 2. The van der Waals surface area contributed by atoms with Gasteiger partial charge in [-0.15, -0.1) is 0 Å². The van der Waals surface area contributed by atoms with E-state index in [0.29, 0.717) is 35.9 Å². The third-order valence-electron chi connectivity index (χ3n) is 5.03. The van der Waals surface area contributed by atoms with E-state index in [1.165, 1.54) is 4.90 Å². The Balaban J connectivity index is 1.70. The van der Waals surface area contributed by atoms with Crippen LogP contribution in [0.3, 0.4) is 0 Å². The number of carbonyl (C=O) groups is 2. The molecule has 2 heterocycles. The molecule has 0 saturated carbocycles. The summed E-state index contributed by atoms with van der Waals surface area (Å²) in [5.41, 5.74) is 1.23. The molecule has 1 aromatic carbocycles. The van der Waals surface area contributed by atoms with Crippen LogP contribution in [0.1, 0.15) is 54.1 Å². The second-order valence-electron chi connectivity index (χ2n) is 8.27. The quantitative estimate of drug-likeness (QED) is 0.862. The fourth-order valence-electron chi connectivity index (χ4n) is 3.69. The van der Waals surface area contributed by atoms with Crippen molar-refractivity contribution in [2.75, 3.05) is 27.2 Å². The molecular formula is C20H28N4O3. The molecule has 1 aliphatic rings. The van der Waals surface area contributed by atoms with Gasteiger partial charge >= 0.3 is 0 Å². The summed E-state index contributed by atoms with van der Waals surface area (Å²) in [6.07, 6.45) is 2.53. The smallest absolute Gasteiger partial charge is 0.289 e. The Bertz CT molecular complexity index is 843. The Hall–Kier alpha value is -2.41. The Kier molecular flexibility index (Phi) is 5.24. The van der Waals surface area contributed by atoms with Crippen molar-refractivity contribution in [3.63, 3.8) is 0 Å². The van der Waals surface area contributed by atoms with Gasteiger partial charge in [-0.25, -0.2) is 4.98 Å². The lowest BCUT2D eigenvalue weighted by Crippen LogP contribution is -2.40. The van der Waals surface area contributed by atoms with Gasteiger partial charge in [0.25, 0.3) is 11.8 Å². The van der Waals surface area contributed by atoms with Gasteiger partial charge in [0.15, 0.2) is 5.82 Å². The van der Waals surface area contributed by atoms with Crippen molar-refractivity contribution in [1.29, 1.82) is 0 Å². The Morgan fingerprint density at radius 3 is 2.56 bits per heavy atom. The maximum Gasteiger partial charge on any atom is 0.289 e. The number of piperidine rings is 1. The van der Waals surface area contributed by atoms with E-state index in [9.17, 15) is 14.7 Å². The molecule has 0 unspecified atom stereocenters. The molecule has 1 aromatic heterocycles. The Labute approximate surface area is 159 Å². The largest absolute Gasteiger partial charge is 0.390 e. The first-order valence-electron chi connectivity index (χ1n) is 9.37. The van der Waals surface area contributed by atoms with E-state index in [4.69, 9.17) is 0 Å². The molecule has 1 saturated heterocycles. The fraction of sp³-hybridized carbons (Fsp3) is 0.550. The van der Waals surface area contributed by atoms with Gasteiger partial charge in [-0.2, -0.15) is 0 Å². The number of aromatic nitrogens is 2. The van der Waals surface area contributed by atoms with Gasteiger partial charge < -0.3 is 19.9 Å². The van der Waals surface area contributed by atoms with Crippen LogP contribution in [0, 0.1) is 5.92 Å². The van der Waals surface area contributed by atoms with Crippen molar-refractivity contribution in [2.24, 2.45) is 5.92 Å². The zero-order valence-corrected chi connectivity index (χ0v) is 16.5. The van der Waals surface area contributed by atoms with Crippen LogP contribution in [0.15, 0.2) is 18.2 Å². The first kappa shape index (κ1) is 19.4. The summed E-state index contributed by atoms with van der Waals surface area (Å²) in [6, 6.07) is 5.23. The summed E-state index contributed by atoms with van der Waals surface area (Å²) in [7, 11) is 3.40. The van der Waals surface area contributed by atoms with Gasteiger partial charge in [0.2, 0.25) is 0 Å². The average Bonchev–Trinajstić information content (AvgIpc) is 3.02. The van der Waals surface area contributed by atoms with E-state index in [-0.39, 0.29) is 11.8 Å². The number of amides is 2. The van der Waals surface area contributed by atoms with Crippen LogP contribution in [0.5, 0.6) is 0 Å². The summed E-state index contributed by atoms with van der Waals surface area (Å²) in [5, 5.41) is 9.98. The van der Waals surface area contributed by atoms with E-state index in [2.05, 4.69) is 9.97 Å². The highest BCUT2D eigenvalue weighted by Crippen LogP contribution is 2.27. The number of nitrogens with zero attached hydrogens (tertiary/aromatic N) is 3. The normalized spacial score (nSPS) is 16.0. The summed E-state index contributed by atoms with van der Waals surface area (Å²) in [4.78, 5) is 35.7. The molecule has 2 aromatic rings. The molecule has 0 aliphatic carbocycles. The third-order valence-corrected chi connectivity index (χ3v) is 5.03. The van der Waals surface area contributed by atoms with Gasteiger partial charge in [0.1, 0.15) is 0 Å². The van der Waals surface area contributed by atoms with Crippen LogP contribution in [-0.4, -0.2) is 69.5 Å². The number of H-pyrrole nitrogens is 1. The first-order chi connectivity index (χ1) is 12.6. The van der Waals surface area contributed by atoms with Crippen LogP contribution < -0.4 is 0 Å². The minimum absolute atomic E-state index is 0.0957. The van der Waals surface area contributed by atoms with E-state index >= 15 is 0 Å². The summed E-state index contributed by atoms with van der Waals surface area (Å²) < 4.78 is 0. The summed E-state index contributed by atoms with van der Waals surface area (Å²) >= 11 is 0. The first-order valence-corrected chi connectivity index (χ1v) is 9.37. The SMILES string of the molecule is CN(C)C(=O)c1ccc2[nH]c(C(=O)N3CCC(CC(C)(C)O)CC3)nc2c1. The predicted octanol–water partition coefficient (Wildman–Crippen LogP) is 2.28. The average molecular weight is 372 g/mol. The van der Waals surface area contributed by atoms with Crippen LogP contribution in [0.25, 0.3) is 11.0 Å². The monoisotopic (exact) mass is 372 g/mol. The summed E-state index contributed by atoms with van der Waals surface area (Å²) in [6.45, 7) is 4.99. The number of benzene rings is 1. The topological polar surface area (TPSA) is 89.5 Å². The molecule has 2 N–H and O–H groups in total. The highest BCUT2D eigenvalue weighted by molar-refractivity contribution is 5.99. The zero-order chi connectivity index (χ0) is 19.8. The molecule has 27 heavy (non-hydrogen) atoms. The number of likely N-dealkylation sites (tertiary alicyclic amines) is 1. The van der Waals surface area contributed by atoms with E-state index in [1.54, 1.807) is 32.3 Å². The van der Waals surface area contributed by atoms with Gasteiger partial charge in [0, 0.05) is 32.7 Å². The maximum absolute atomic E-state index is 12.8. The number of hydrogen-bond acceptors (Lipinski definition) is 4. The molecule has 146 valence electrons. The summed E-state index contributed by atoms with van der Waals surface area (Å²) in [5.74, 6) is 0.528. The molecule has 2 amide bonds. The van der Waals surface area contributed by atoms with Crippen molar-refractivity contribution < 1.29 is 14.7 Å². The fourth-order valence-corrected chi connectivity index (χ4v) is 3.69. The lowest BCUT2D eigenvalue weighted by molar-refractivity contribution is 0.0355. The molecule has 1 aliphatic heterocycles. The van der Waals surface area contributed by atoms with Crippen LogP contribution in [0.2, 0.25) is 0 Å². The molecule has 7 nitrogen and oxygen atoms in total. The van der Waals surface area contributed by atoms with Crippen molar-refractivity contribution >= 4 is 22.8 Å². The molecule has 0 atom stereocenters. The van der Waals surface area contributed by atoms with Crippen molar-refractivity contribution in [3.8, 4) is 0 Å². The second kappa shape index (κ2) is 7.31. The van der Waals surface area contributed by atoms with Crippen LogP contribution in [-0.2, 0) is 0 Å². The number of aliphatic hydroxyl groups is 1. The van der Waals surface area contributed by atoms with Crippen LogP contribution >= 0.6 is 0 Å².